The molecule has 0 bridgehead atoms. The second kappa shape index (κ2) is 5.14. The molecule has 1 aliphatic heterocycles. The van der Waals surface area contributed by atoms with Gasteiger partial charge in [-0.25, -0.2) is 0 Å². The zero-order chi connectivity index (χ0) is 11.4. The molecular formula is C11H20N2O2. The highest BCUT2D eigenvalue weighted by Gasteiger charge is 2.24. The van der Waals surface area contributed by atoms with Gasteiger partial charge in [-0.2, -0.15) is 0 Å². The van der Waals surface area contributed by atoms with Crippen molar-refractivity contribution in [2.75, 3.05) is 19.6 Å². The molecule has 0 aromatic heterocycles. The summed E-state index contributed by atoms with van der Waals surface area (Å²) in [6.45, 7) is 7.82. The maximum atomic E-state index is 12.0. The predicted octanol–water partition coefficient (Wildman–Crippen LogP) is 0.627. The lowest BCUT2D eigenvalue weighted by atomic mass is 9.96. The van der Waals surface area contributed by atoms with Gasteiger partial charge in [0.25, 0.3) is 0 Å². The number of rotatable bonds is 2. The van der Waals surface area contributed by atoms with Crippen molar-refractivity contribution in [1.29, 1.82) is 0 Å². The number of amides is 2. The highest BCUT2D eigenvalue weighted by atomic mass is 16.2. The Balaban J connectivity index is 2.55. The molecule has 0 spiro atoms. The van der Waals surface area contributed by atoms with Gasteiger partial charge in [0.05, 0.1) is 0 Å². The largest absolute Gasteiger partial charge is 0.354 e. The smallest absolute Gasteiger partial charge is 0.225 e. The molecule has 0 saturated carbocycles. The molecular weight excluding hydrogens is 192 g/mol. The molecule has 86 valence electrons. The molecule has 4 heteroatoms. The molecule has 1 fully saturated rings. The summed E-state index contributed by atoms with van der Waals surface area (Å²) in [6.07, 6.45) is 0.427. The van der Waals surface area contributed by atoms with Crippen molar-refractivity contribution in [3.63, 3.8) is 0 Å². The minimum atomic E-state index is 0.0400. The van der Waals surface area contributed by atoms with E-state index in [1.165, 1.54) is 0 Å². The fourth-order valence-corrected chi connectivity index (χ4v) is 1.56. The van der Waals surface area contributed by atoms with Crippen LogP contribution in [-0.4, -0.2) is 36.3 Å². The van der Waals surface area contributed by atoms with Crippen LogP contribution < -0.4 is 5.32 Å². The lowest BCUT2D eigenvalue weighted by Crippen LogP contribution is -2.39. The van der Waals surface area contributed by atoms with Crippen LogP contribution in [0.4, 0.5) is 0 Å². The average molecular weight is 212 g/mol. The number of nitrogens with zero attached hydrogens (tertiary/aromatic N) is 1. The van der Waals surface area contributed by atoms with Gasteiger partial charge in [-0.05, 0) is 5.92 Å². The van der Waals surface area contributed by atoms with Gasteiger partial charge < -0.3 is 10.2 Å². The Labute approximate surface area is 91.0 Å². The Hall–Kier alpha value is -1.06. The van der Waals surface area contributed by atoms with E-state index in [0.717, 1.165) is 0 Å². The van der Waals surface area contributed by atoms with E-state index in [2.05, 4.69) is 5.32 Å². The fraction of sp³-hybridized carbons (Fsp3) is 0.818. The molecule has 0 radical (unpaired) electrons. The van der Waals surface area contributed by atoms with Gasteiger partial charge >= 0.3 is 0 Å². The summed E-state index contributed by atoms with van der Waals surface area (Å²) < 4.78 is 0. The van der Waals surface area contributed by atoms with E-state index < -0.39 is 0 Å². The summed E-state index contributed by atoms with van der Waals surface area (Å²) in [5, 5.41) is 2.76. The van der Waals surface area contributed by atoms with Gasteiger partial charge in [0.15, 0.2) is 0 Å². The predicted molar refractivity (Wildman–Crippen MR) is 58.2 cm³/mol. The van der Waals surface area contributed by atoms with Gasteiger partial charge in [0.2, 0.25) is 11.8 Å². The first-order chi connectivity index (χ1) is 7.02. The monoisotopic (exact) mass is 212 g/mol. The number of hydrogen-bond donors (Lipinski definition) is 1. The Morgan fingerprint density at radius 2 is 2.00 bits per heavy atom. The van der Waals surface area contributed by atoms with Gasteiger partial charge in [-0.3, -0.25) is 9.59 Å². The lowest BCUT2D eigenvalue weighted by molar-refractivity contribution is -0.136. The molecule has 0 aliphatic carbocycles. The molecule has 1 atom stereocenters. The van der Waals surface area contributed by atoms with Crippen molar-refractivity contribution >= 4 is 11.8 Å². The molecule has 1 rings (SSSR count). The van der Waals surface area contributed by atoms with Crippen molar-refractivity contribution in [1.82, 2.24) is 10.2 Å². The normalized spacial score (nSPS) is 19.7. The molecule has 1 aliphatic rings. The lowest BCUT2D eigenvalue weighted by Gasteiger charge is -2.25. The van der Waals surface area contributed by atoms with Gasteiger partial charge in [0.1, 0.15) is 0 Å². The molecule has 1 N–H and O–H groups in total. The summed E-state index contributed by atoms with van der Waals surface area (Å²) in [5.41, 5.74) is 0. The molecule has 0 aromatic rings. The molecule has 4 nitrogen and oxygen atoms in total. The topological polar surface area (TPSA) is 49.4 Å². The van der Waals surface area contributed by atoms with Crippen LogP contribution in [0.5, 0.6) is 0 Å². The average Bonchev–Trinajstić information content (AvgIpc) is 2.40. The number of carbonyl (C=O) groups excluding carboxylic acids is 2. The first kappa shape index (κ1) is 12.0. The van der Waals surface area contributed by atoms with E-state index in [1.54, 1.807) is 4.90 Å². The second-order valence-corrected chi connectivity index (χ2v) is 4.46. The molecule has 1 unspecified atom stereocenters. The number of carbonyl (C=O) groups is 2. The van der Waals surface area contributed by atoms with Gasteiger partial charge in [-0.1, -0.05) is 20.8 Å². The van der Waals surface area contributed by atoms with Crippen LogP contribution in [0.15, 0.2) is 0 Å². The van der Waals surface area contributed by atoms with E-state index in [-0.39, 0.29) is 17.7 Å². The van der Waals surface area contributed by atoms with E-state index in [1.807, 2.05) is 20.8 Å². The number of nitrogens with one attached hydrogen (secondary N) is 1. The van der Waals surface area contributed by atoms with Gasteiger partial charge in [-0.15, -0.1) is 0 Å². The Morgan fingerprint density at radius 3 is 2.60 bits per heavy atom. The SMILES string of the molecule is CC(C)C(C)C(=O)N1CCNC(=O)CC1. The molecule has 1 saturated heterocycles. The summed E-state index contributed by atoms with van der Waals surface area (Å²) in [5.74, 6) is 0.603. The van der Waals surface area contributed by atoms with E-state index in [0.29, 0.717) is 32.0 Å². The summed E-state index contributed by atoms with van der Waals surface area (Å²) in [4.78, 5) is 24.9. The van der Waals surface area contributed by atoms with E-state index in [9.17, 15) is 9.59 Å². The van der Waals surface area contributed by atoms with E-state index in [4.69, 9.17) is 0 Å². The maximum absolute atomic E-state index is 12.0. The van der Waals surface area contributed by atoms with Crippen molar-refractivity contribution in [3.05, 3.63) is 0 Å². The fourth-order valence-electron chi connectivity index (χ4n) is 1.56. The minimum absolute atomic E-state index is 0.0400. The highest BCUT2D eigenvalue weighted by Crippen LogP contribution is 2.14. The number of hydrogen-bond acceptors (Lipinski definition) is 2. The van der Waals surface area contributed by atoms with Gasteiger partial charge in [0, 0.05) is 32.0 Å². The second-order valence-electron chi connectivity index (χ2n) is 4.46. The third kappa shape index (κ3) is 3.22. The molecule has 15 heavy (non-hydrogen) atoms. The summed E-state index contributed by atoms with van der Waals surface area (Å²) >= 11 is 0. The maximum Gasteiger partial charge on any atom is 0.225 e. The van der Waals surface area contributed by atoms with Crippen molar-refractivity contribution in [3.8, 4) is 0 Å². The Kier molecular flexibility index (Phi) is 4.12. The van der Waals surface area contributed by atoms with Crippen LogP contribution in [0.1, 0.15) is 27.2 Å². The van der Waals surface area contributed by atoms with Crippen molar-refractivity contribution in [2.45, 2.75) is 27.2 Å². The third-order valence-electron chi connectivity index (χ3n) is 3.01. The van der Waals surface area contributed by atoms with E-state index >= 15 is 0 Å². The van der Waals surface area contributed by atoms with Crippen LogP contribution in [0.2, 0.25) is 0 Å². The first-order valence-corrected chi connectivity index (χ1v) is 5.58. The van der Waals surface area contributed by atoms with Crippen LogP contribution in [0.25, 0.3) is 0 Å². The quantitative estimate of drug-likeness (QED) is 0.729. The summed E-state index contributed by atoms with van der Waals surface area (Å²) in [6, 6.07) is 0. The zero-order valence-electron chi connectivity index (χ0n) is 9.75. The highest BCUT2D eigenvalue weighted by molar-refractivity contribution is 5.81. The van der Waals surface area contributed by atoms with Crippen LogP contribution in [0, 0.1) is 11.8 Å². The van der Waals surface area contributed by atoms with Crippen LogP contribution in [0.3, 0.4) is 0 Å². The van der Waals surface area contributed by atoms with Crippen LogP contribution in [-0.2, 0) is 9.59 Å². The minimum Gasteiger partial charge on any atom is -0.354 e. The summed E-state index contributed by atoms with van der Waals surface area (Å²) in [7, 11) is 0. The standard InChI is InChI=1S/C11H20N2O2/c1-8(2)9(3)11(15)13-6-4-10(14)12-5-7-13/h8-9H,4-7H2,1-3H3,(H,12,14). The van der Waals surface area contributed by atoms with Crippen molar-refractivity contribution < 1.29 is 9.59 Å². The molecule has 0 aromatic carbocycles. The third-order valence-corrected chi connectivity index (χ3v) is 3.01. The molecule has 2 amide bonds. The Bertz CT molecular complexity index is 251. The zero-order valence-corrected chi connectivity index (χ0v) is 9.75. The van der Waals surface area contributed by atoms with Crippen LogP contribution >= 0.6 is 0 Å². The molecule has 1 heterocycles. The first-order valence-electron chi connectivity index (χ1n) is 5.58. The Morgan fingerprint density at radius 1 is 1.33 bits per heavy atom. The van der Waals surface area contributed by atoms with Crippen molar-refractivity contribution in [2.24, 2.45) is 11.8 Å².